The van der Waals surface area contributed by atoms with Crippen molar-refractivity contribution in [2.75, 3.05) is 0 Å². The van der Waals surface area contributed by atoms with E-state index in [1.54, 1.807) is 0 Å². The molecule has 0 unspecified atom stereocenters. The lowest BCUT2D eigenvalue weighted by Crippen LogP contribution is -1.95. The number of benzene rings is 9. The van der Waals surface area contributed by atoms with Crippen molar-refractivity contribution in [1.29, 1.82) is 0 Å². The van der Waals surface area contributed by atoms with E-state index >= 15 is 0 Å². The Balaban J connectivity index is 1.18. The maximum Gasteiger partial charge on any atom is 0.0548 e. The van der Waals surface area contributed by atoms with Crippen LogP contribution in [0.1, 0.15) is 0 Å². The van der Waals surface area contributed by atoms with E-state index in [4.69, 9.17) is 0 Å². The normalized spacial score (nSPS) is 11.6. The Bertz CT molecular complexity index is 3190. The number of aromatic nitrogens is 2. The number of hydrogen-bond acceptors (Lipinski definition) is 0. The van der Waals surface area contributed by atoms with Crippen molar-refractivity contribution in [1.82, 2.24) is 9.13 Å². The third-order valence-electron chi connectivity index (χ3n) is 11.3. The Morgan fingerprint density at radius 1 is 0.196 bits per heavy atom. The summed E-state index contributed by atoms with van der Waals surface area (Å²) in [5.74, 6) is 0. The molecule has 2 nitrogen and oxygen atoms in total. The van der Waals surface area contributed by atoms with Crippen LogP contribution in [-0.4, -0.2) is 9.13 Å². The summed E-state index contributed by atoms with van der Waals surface area (Å²) in [5, 5.41) is 4.93. The first-order valence-electron chi connectivity index (χ1n) is 19.3. The van der Waals surface area contributed by atoms with Crippen LogP contribution < -0.4 is 0 Å². The molecule has 56 heavy (non-hydrogen) atoms. The van der Waals surface area contributed by atoms with Gasteiger partial charge in [0, 0.05) is 32.9 Å². The SMILES string of the molecule is c1ccc(-c2ccc(-c3cccc(-n4c5ccc(-c6ccccc6)cc5c5cc6c(cc54)c4cc(-c5ccccc5)ccc4n6-c4ccccc4)c3)cc2)cc1. The molecular formula is C54H36N2. The molecule has 11 aromatic rings. The van der Waals surface area contributed by atoms with Gasteiger partial charge in [0.25, 0.3) is 0 Å². The van der Waals surface area contributed by atoms with E-state index in [1.807, 2.05) is 0 Å². The molecule has 0 atom stereocenters. The van der Waals surface area contributed by atoms with E-state index < -0.39 is 0 Å². The van der Waals surface area contributed by atoms with Gasteiger partial charge in [0.05, 0.1) is 22.1 Å². The van der Waals surface area contributed by atoms with Crippen LogP contribution in [0.15, 0.2) is 218 Å². The fourth-order valence-electron chi connectivity index (χ4n) is 8.60. The summed E-state index contributed by atoms with van der Waals surface area (Å²) in [6, 6.07) is 79.4. The second-order valence-electron chi connectivity index (χ2n) is 14.6. The molecule has 0 aliphatic carbocycles. The van der Waals surface area contributed by atoms with Crippen LogP contribution in [0.2, 0.25) is 0 Å². The van der Waals surface area contributed by atoms with Gasteiger partial charge in [-0.15, -0.1) is 0 Å². The highest BCUT2D eigenvalue weighted by Crippen LogP contribution is 2.42. The van der Waals surface area contributed by atoms with Crippen molar-refractivity contribution in [3.8, 4) is 55.9 Å². The third kappa shape index (κ3) is 5.34. The van der Waals surface area contributed by atoms with E-state index in [9.17, 15) is 0 Å². The predicted octanol–water partition coefficient (Wildman–Crippen LogP) is 14.5. The molecule has 0 fully saturated rings. The van der Waals surface area contributed by atoms with Gasteiger partial charge in [0.15, 0.2) is 0 Å². The lowest BCUT2D eigenvalue weighted by molar-refractivity contribution is 1.17. The van der Waals surface area contributed by atoms with Gasteiger partial charge in [0.1, 0.15) is 0 Å². The summed E-state index contributed by atoms with van der Waals surface area (Å²) in [4.78, 5) is 0. The molecule has 0 bridgehead atoms. The van der Waals surface area contributed by atoms with Crippen LogP contribution in [0.4, 0.5) is 0 Å². The zero-order valence-electron chi connectivity index (χ0n) is 30.7. The van der Waals surface area contributed by atoms with E-state index in [0.717, 1.165) is 11.4 Å². The fourth-order valence-corrected chi connectivity index (χ4v) is 8.60. The van der Waals surface area contributed by atoms with Gasteiger partial charge in [-0.2, -0.15) is 0 Å². The molecule has 0 radical (unpaired) electrons. The van der Waals surface area contributed by atoms with Gasteiger partial charge in [-0.1, -0.05) is 158 Å². The molecule has 9 aromatic carbocycles. The maximum absolute atomic E-state index is 2.47. The molecule has 0 saturated carbocycles. The summed E-state index contributed by atoms with van der Waals surface area (Å²) < 4.78 is 4.90. The van der Waals surface area contributed by atoms with Gasteiger partial charge >= 0.3 is 0 Å². The Labute approximate surface area is 325 Å². The Morgan fingerprint density at radius 2 is 0.518 bits per heavy atom. The summed E-state index contributed by atoms with van der Waals surface area (Å²) in [6.45, 7) is 0. The number of fused-ring (bicyclic) bond motifs is 6. The quantitative estimate of drug-likeness (QED) is 0.162. The van der Waals surface area contributed by atoms with Crippen LogP contribution >= 0.6 is 0 Å². The topological polar surface area (TPSA) is 9.86 Å². The molecule has 0 spiro atoms. The number of rotatable bonds is 6. The predicted molar refractivity (Wildman–Crippen MR) is 237 cm³/mol. The lowest BCUT2D eigenvalue weighted by atomic mass is 10.00. The van der Waals surface area contributed by atoms with E-state index in [1.165, 1.54) is 88.1 Å². The van der Waals surface area contributed by atoms with Crippen molar-refractivity contribution >= 4 is 43.6 Å². The van der Waals surface area contributed by atoms with Crippen molar-refractivity contribution in [2.45, 2.75) is 0 Å². The molecular weight excluding hydrogens is 677 g/mol. The minimum absolute atomic E-state index is 1.14. The highest BCUT2D eigenvalue weighted by Gasteiger charge is 2.20. The average Bonchev–Trinajstić information content (AvgIpc) is 3.78. The van der Waals surface area contributed by atoms with Crippen LogP contribution in [0.25, 0.3) is 99.5 Å². The van der Waals surface area contributed by atoms with Crippen LogP contribution in [-0.2, 0) is 0 Å². The standard InChI is InChI=1S/C54H36N2/c1-5-14-37(15-6-1)40-24-26-41(27-25-40)42-20-13-23-46(32-42)56-52-31-29-44(39-18-9-3-10-19-39)34-48(52)50-35-53-49(36-54(50)56)47-33-43(38-16-7-2-8-17-38)28-30-51(47)55(53)45-21-11-4-12-22-45/h1-36H. The van der Waals surface area contributed by atoms with Gasteiger partial charge in [0.2, 0.25) is 0 Å². The Kier molecular flexibility index (Phi) is 7.53. The van der Waals surface area contributed by atoms with Crippen molar-refractivity contribution in [3.05, 3.63) is 218 Å². The number of nitrogens with zero attached hydrogens (tertiary/aromatic N) is 2. The van der Waals surface area contributed by atoms with Crippen LogP contribution in [0.5, 0.6) is 0 Å². The molecule has 2 aromatic heterocycles. The minimum atomic E-state index is 1.14. The molecule has 2 heterocycles. The molecule has 0 saturated heterocycles. The van der Waals surface area contributed by atoms with Gasteiger partial charge < -0.3 is 9.13 Å². The van der Waals surface area contributed by atoms with E-state index in [-0.39, 0.29) is 0 Å². The van der Waals surface area contributed by atoms with Gasteiger partial charge in [-0.25, -0.2) is 0 Å². The first-order chi connectivity index (χ1) is 27.8. The first-order valence-corrected chi connectivity index (χ1v) is 19.3. The molecule has 2 heteroatoms. The zero-order valence-corrected chi connectivity index (χ0v) is 30.7. The summed E-state index contributed by atoms with van der Waals surface area (Å²) >= 11 is 0. The summed E-state index contributed by atoms with van der Waals surface area (Å²) in [7, 11) is 0. The first kappa shape index (κ1) is 32.0. The molecule has 11 rings (SSSR count). The van der Waals surface area contributed by atoms with Crippen LogP contribution in [0.3, 0.4) is 0 Å². The monoisotopic (exact) mass is 712 g/mol. The van der Waals surface area contributed by atoms with E-state index in [0.29, 0.717) is 0 Å². The largest absolute Gasteiger partial charge is 0.309 e. The number of hydrogen-bond donors (Lipinski definition) is 0. The Hall–Kier alpha value is -7.42. The smallest absolute Gasteiger partial charge is 0.0548 e. The fraction of sp³-hybridized carbons (Fsp3) is 0. The van der Waals surface area contributed by atoms with Crippen molar-refractivity contribution in [3.63, 3.8) is 0 Å². The highest BCUT2D eigenvalue weighted by molar-refractivity contribution is 6.20. The molecule has 0 amide bonds. The Morgan fingerprint density at radius 3 is 1.02 bits per heavy atom. The number of para-hydroxylation sites is 1. The van der Waals surface area contributed by atoms with E-state index in [2.05, 4.69) is 228 Å². The van der Waals surface area contributed by atoms with Gasteiger partial charge in [-0.05, 0) is 105 Å². The summed E-state index contributed by atoms with van der Waals surface area (Å²) in [6.07, 6.45) is 0. The molecule has 0 N–H and O–H groups in total. The molecule has 0 aliphatic heterocycles. The van der Waals surface area contributed by atoms with Gasteiger partial charge in [-0.3, -0.25) is 0 Å². The third-order valence-corrected chi connectivity index (χ3v) is 11.3. The molecule has 0 aliphatic rings. The second kappa shape index (κ2) is 13.2. The van der Waals surface area contributed by atoms with Crippen molar-refractivity contribution in [2.24, 2.45) is 0 Å². The second-order valence-corrected chi connectivity index (χ2v) is 14.6. The summed E-state index contributed by atoms with van der Waals surface area (Å²) in [5.41, 5.74) is 16.7. The highest BCUT2D eigenvalue weighted by atomic mass is 15.0. The lowest BCUT2D eigenvalue weighted by Gasteiger charge is -2.12. The van der Waals surface area contributed by atoms with Crippen molar-refractivity contribution < 1.29 is 0 Å². The van der Waals surface area contributed by atoms with Crippen LogP contribution in [0, 0.1) is 0 Å². The average molecular weight is 713 g/mol. The molecule has 262 valence electrons. The zero-order chi connectivity index (χ0) is 37.0. The minimum Gasteiger partial charge on any atom is -0.309 e. The maximum atomic E-state index is 2.47.